The van der Waals surface area contributed by atoms with Gasteiger partial charge in [0.1, 0.15) is 0 Å². The number of carbonyl (C=O) groups is 1. The van der Waals surface area contributed by atoms with E-state index in [9.17, 15) is 9.90 Å². The zero-order valence-corrected chi connectivity index (χ0v) is 10.2. The summed E-state index contributed by atoms with van der Waals surface area (Å²) in [6.07, 6.45) is 4.12. The number of carbonyl (C=O) groups excluding carboxylic acids is 1. The Morgan fingerprint density at radius 3 is 2.69 bits per heavy atom. The van der Waals surface area contributed by atoms with Gasteiger partial charge in [-0.2, -0.15) is 0 Å². The van der Waals surface area contributed by atoms with Gasteiger partial charge in [0.2, 0.25) is 0 Å². The number of methoxy groups -OCH3 is 1. The number of ether oxygens (including phenoxy) is 1. The van der Waals surface area contributed by atoms with Crippen LogP contribution >= 0.6 is 0 Å². The van der Waals surface area contributed by atoms with Gasteiger partial charge < -0.3 is 9.84 Å². The number of hydrogen-bond acceptors (Lipinski definition) is 3. The summed E-state index contributed by atoms with van der Waals surface area (Å²) in [5.74, 6) is 0.693. The molecule has 0 aromatic rings. The molecule has 2 rings (SSSR count). The molecule has 1 N–H and O–H groups in total. The fourth-order valence-corrected chi connectivity index (χ4v) is 3.43. The average Bonchev–Trinajstić information content (AvgIpc) is 2.65. The molecule has 0 aromatic heterocycles. The van der Waals surface area contributed by atoms with Gasteiger partial charge in [0.25, 0.3) is 0 Å². The second kappa shape index (κ2) is 3.88. The quantitative estimate of drug-likeness (QED) is 0.575. The molecule has 90 valence electrons. The van der Waals surface area contributed by atoms with Crippen LogP contribution in [-0.4, -0.2) is 24.3 Å². The Morgan fingerprint density at radius 2 is 2.25 bits per heavy atom. The lowest BCUT2D eigenvalue weighted by atomic mass is 9.81. The summed E-state index contributed by atoms with van der Waals surface area (Å²) in [6, 6.07) is 0. The van der Waals surface area contributed by atoms with Crippen molar-refractivity contribution in [1.82, 2.24) is 0 Å². The SMILES string of the molecule is COC(=O)[C@H](O)/C=C1\C[C@@H]2CC[C@H]1C2(C)C. The van der Waals surface area contributed by atoms with Crippen molar-refractivity contribution in [2.24, 2.45) is 17.3 Å². The average molecular weight is 224 g/mol. The van der Waals surface area contributed by atoms with Crippen molar-refractivity contribution in [2.45, 2.75) is 39.2 Å². The van der Waals surface area contributed by atoms with Crippen LogP contribution in [0.1, 0.15) is 33.1 Å². The zero-order valence-electron chi connectivity index (χ0n) is 10.2. The van der Waals surface area contributed by atoms with E-state index in [1.807, 2.05) is 0 Å². The molecule has 0 aromatic carbocycles. The summed E-state index contributed by atoms with van der Waals surface area (Å²) >= 11 is 0. The molecule has 3 nitrogen and oxygen atoms in total. The third kappa shape index (κ3) is 1.67. The molecule has 2 aliphatic carbocycles. The number of esters is 1. The van der Waals surface area contributed by atoms with E-state index in [2.05, 4.69) is 18.6 Å². The Bertz CT molecular complexity index is 330. The molecular formula is C13H20O3. The summed E-state index contributed by atoms with van der Waals surface area (Å²) < 4.78 is 4.52. The van der Waals surface area contributed by atoms with Crippen LogP contribution < -0.4 is 0 Å². The van der Waals surface area contributed by atoms with E-state index in [4.69, 9.17) is 0 Å². The van der Waals surface area contributed by atoms with E-state index in [1.165, 1.54) is 25.5 Å². The van der Waals surface area contributed by atoms with Gasteiger partial charge in [0.15, 0.2) is 6.10 Å². The first-order valence-corrected chi connectivity index (χ1v) is 5.93. The molecule has 2 bridgehead atoms. The van der Waals surface area contributed by atoms with Crippen molar-refractivity contribution in [3.8, 4) is 0 Å². The Labute approximate surface area is 96.5 Å². The molecule has 0 radical (unpaired) electrons. The molecule has 0 heterocycles. The lowest BCUT2D eigenvalue weighted by Crippen LogP contribution is -2.21. The first kappa shape index (κ1) is 11.6. The zero-order chi connectivity index (χ0) is 11.9. The Morgan fingerprint density at radius 1 is 1.56 bits per heavy atom. The maximum atomic E-state index is 11.2. The van der Waals surface area contributed by atoms with Crippen LogP contribution in [0.2, 0.25) is 0 Å². The van der Waals surface area contributed by atoms with E-state index >= 15 is 0 Å². The molecule has 0 spiro atoms. The van der Waals surface area contributed by atoms with Gasteiger partial charge in [0.05, 0.1) is 7.11 Å². The van der Waals surface area contributed by atoms with Crippen LogP contribution in [0.4, 0.5) is 0 Å². The minimum Gasteiger partial charge on any atom is -0.467 e. The van der Waals surface area contributed by atoms with Gasteiger partial charge in [-0.3, -0.25) is 0 Å². The van der Waals surface area contributed by atoms with Crippen molar-refractivity contribution >= 4 is 5.97 Å². The standard InChI is InChI=1S/C13H20O3/c1-13(2)9-4-5-10(13)8(6-9)7-11(14)12(15)16-3/h7,9-11,14H,4-6H2,1-3H3/b8-7+/t9-,10+,11+/m0/s1. The van der Waals surface area contributed by atoms with Crippen LogP contribution in [0, 0.1) is 17.3 Å². The molecule has 16 heavy (non-hydrogen) atoms. The highest BCUT2D eigenvalue weighted by Crippen LogP contribution is 2.59. The monoisotopic (exact) mass is 224 g/mol. The van der Waals surface area contributed by atoms with E-state index < -0.39 is 12.1 Å². The van der Waals surface area contributed by atoms with E-state index in [1.54, 1.807) is 6.08 Å². The first-order valence-electron chi connectivity index (χ1n) is 5.93. The molecule has 2 fully saturated rings. The second-order valence-electron chi connectivity index (χ2n) is 5.56. The first-order chi connectivity index (χ1) is 7.46. The highest BCUT2D eigenvalue weighted by atomic mass is 16.5. The van der Waals surface area contributed by atoms with Crippen molar-refractivity contribution in [3.63, 3.8) is 0 Å². The number of rotatable bonds is 2. The van der Waals surface area contributed by atoms with Gasteiger partial charge >= 0.3 is 5.97 Å². The maximum Gasteiger partial charge on any atom is 0.338 e. The fraction of sp³-hybridized carbons (Fsp3) is 0.769. The highest BCUT2D eigenvalue weighted by Gasteiger charge is 2.50. The molecule has 3 atom stereocenters. The van der Waals surface area contributed by atoms with Gasteiger partial charge in [-0.25, -0.2) is 4.79 Å². The summed E-state index contributed by atoms with van der Waals surface area (Å²) in [6.45, 7) is 4.58. The number of allylic oxidation sites excluding steroid dienone is 1. The van der Waals surface area contributed by atoms with Gasteiger partial charge in [-0.15, -0.1) is 0 Å². The van der Waals surface area contributed by atoms with Crippen LogP contribution in [0.25, 0.3) is 0 Å². The Balaban J connectivity index is 2.14. The van der Waals surface area contributed by atoms with Crippen molar-refractivity contribution in [1.29, 1.82) is 0 Å². The van der Waals surface area contributed by atoms with Crippen LogP contribution in [0.5, 0.6) is 0 Å². The summed E-state index contributed by atoms with van der Waals surface area (Å²) in [5.41, 5.74) is 1.58. The smallest absolute Gasteiger partial charge is 0.338 e. The molecule has 0 unspecified atom stereocenters. The summed E-state index contributed by atoms with van der Waals surface area (Å²) in [7, 11) is 1.30. The normalized spacial score (nSPS) is 35.4. The minimum absolute atomic E-state index is 0.335. The van der Waals surface area contributed by atoms with E-state index in [0.717, 1.165) is 6.42 Å². The third-order valence-electron chi connectivity index (χ3n) is 4.50. The van der Waals surface area contributed by atoms with Crippen LogP contribution in [0.15, 0.2) is 11.6 Å². The lowest BCUT2D eigenvalue weighted by molar-refractivity contribution is -0.147. The molecule has 3 heteroatoms. The molecular weight excluding hydrogens is 204 g/mol. The minimum atomic E-state index is -1.09. The van der Waals surface area contributed by atoms with Crippen molar-refractivity contribution in [2.75, 3.05) is 7.11 Å². The van der Waals surface area contributed by atoms with Crippen LogP contribution in [-0.2, 0) is 9.53 Å². The maximum absolute atomic E-state index is 11.2. The van der Waals surface area contributed by atoms with Crippen molar-refractivity contribution < 1.29 is 14.6 Å². The predicted octanol–water partition coefficient (Wildman–Crippen LogP) is 1.90. The fourth-order valence-electron chi connectivity index (χ4n) is 3.43. The lowest BCUT2D eigenvalue weighted by Gasteiger charge is -2.23. The largest absolute Gasteiger partial charge is 0.467 e. The van der Waals surface area contributed by atoms with Gasteiger partial charge in [-0.05, 0) is 42.6 Å². The highest BCUT2D eigenvalue weighted by molar-refractivity contribution is 5.76. The number of aliphatic hydroxyl groups excluding tert-OH is 1. The second-order valence-corrected chi connectivity index (χ2v) is 5.56. The molecule has 2 saturated carbocycles. The molecule has 2 aliphatic rings. The summed E-state index contributed by atoms with van der Waals surface area (Å²) in [5, 5.41) is 9.63. The van der Waals surface area contributed by atoms with Gasteiger partial charge in [-0.1, -0.05) is 19.4 Å². The Kier molecular flexibility index (Phi) is 2.82. The summed E-state index contributed by atoms with van der Waals surface area (Å²) in [4.78, 5) is 11.2. The third-order valence-corrected chi connectivity index (χ3v) is 4.50. The number of aliphatic hydroxyl groups is 1. The Hall–Kier alpha value is -0.830. The van der Waals surface area contributed by atoms with E-state index in [0.29, 0.717) is 17.3 Å². The van der Waals surface area contributed by atoms with E-state index in [-0.39, 0.29) is 0 Å². The molecule has 0 saturated heterocycles. The molecule has 0 amide bonds. The topological polar surface area (TPSA) is 46.5 Å². The van der Waals surface area contributed by atoms with Crippen LogP contribution in [0.3, 0.4) is 0 Å². The predicted molar refractivity (Wildman–Crippen MR) is 60.7 cm³/mol. The number of fused-ring (bicyclic) bond motifs is 2. The number of hydrogen-bond donors (Lipinski definition) is 1. The van der Waals surface area contributed by atoms with Gasteiger partial charge in [0, 0.05) is 0 Å². The van der Waals surface area contributed by atoms with Crippen molar-refractivity contribution in [3.05, 3.63) is 11.6 Å². The molecule has 0 aliphatic heterocycles.